The first-order valence-electron chi connectivity index (χ1n) is 15.2. The van der Waals surface area contributed by atoms with Crippen LogP contribution in [0.2, 0.25) is 0 Å². The normalized spacial score (nSPS) is 17.9. The molecule has 0 radical (unpaired) electrons. The molecule has 0 bridgehead atoms. The number of nitrogen functional groups attached to an aromatic ring is 2. The predicted octanol–water partition coefficient (Wildman–Crippen LogP) is 8.07. The van der Waals surface area contributed by atoms with E-state index in [9.17, 15) is 9.59 Å². The first kappa shape index (κ1) is 31.3. The van der Waals surface area contributed by atoms with Gasteiger partial charge < -0.3 is 20.9 Å². The molecule has 1 aliphatic rings. The van der Waals surface area contributed by atoms with Crippen LogP contribution in [0.25, 0.3) is 6.08 Å². The van der Waals surface area contributed by atoms with Gasteiger partial charge >= 0.3 is 11.9 Å². The summed E-state index contributed by atoms with van der Waals surface area (Å²) in [7, 11) is 0. The molecule has 2 aromatic carbocycles. The Hall–Kier alpha value is -3.28. The summed E-state index contributed by atoms with van der Waals surface area (Å²) in [6.45, 7) is 4.64. The summed E-state index contributed by atoms with van der Waals surface area (Å²) < 4.78 is 11.4. The van der Waals surface area contributed by atoms with Crippen molar-refractivity contribution in [3.8, 4) is 0 Å². The van der Waals surface area contributed by atoms with E-state index < -0.39 is 5.97 Å². The number of unbranched alkanes of at least 4 members (excludes halogenated alkanes) is 4. The zero-order valence-electron chi connectivity index (χ0n) is 24.4. The van der Waals surface area contributed by atoms with Crippen LogP contribution in [0.15, 0.2) is 48.5 Å². The third-order valence-electron chi connectivity index (χ3n) is 7.90. The molecule has 218 valence electrons. The fraction of sp³-hybridized carbons (Fsp3) is 0.529. The summed E-state index contributed by atoms with van der Waals surface area (Å²) in [5.74, 6) is 0.126. The molecule has 1 atom stereocenters. The summed E-state index contributed by atoms with van der Waals surface area (Å²) in [6.07, 6.45) is 16.8. The van der Waals surface area contributed by atoms with E-state index in [4.69, 9.17) is 20.9 Å². The molecular formula is C34H48N2O4. The number of hydrogen-bond donors (Lipinski definition) is 2. The van der Waals surface area contributed by atoms with E-state index in [1.54, 1.807) is 24.3 Å². The minimum Gasteiger partial charge on any atom is -0.462 e. The van der Waals surface area contributed by atoms with Crippen molar-refractivity contribution in [1.29, 1.82) is 0 Å². The molecule has 0 amide bonds. The van der Waals surface area contributed by atoms with Gasteiger partial charge in [-0.05, 0) is 85.6 Å². The van der Waals surface area contributed by atoms with Gasteiger partial charge in [-0.1, -0.05) is 70.9 Å². The van der Waals surface area contributed by atoms with Crippen LogP contribution >= 0.6 is 0 Å². The average molecular weight is 549 g/mol. The summed E-state index contributed by atoms with van der Waals surface area (Å²) in [5.41, 5.74) is 15.5. The van der Waals surface area contributed by atoms with E-state index in [0.29, 0.717) is 16.9 Å². The number of esters is 2. The fourth-order valence-electron chi connectivity index (χ4n) is 5.48. The number of rotatable bonds is 15. The Balaban J connectivity index is 1.44. The Morgan fingerprint density at radius 1 is 0.900 bits per heavy atom. The first-order chi connectivity index (χ1) is 19.4. The van der Waals surface area contributed by atoms with Gasteiger partial charge in [0.2, 0.25) is 0 Å². The molecule has 0 saturated heterocycles. The van der Waals surface area contributed by atoms with Crippen molar-refractivity contribution in [3.05, 3.63) is 65.2 Å². The molecule has 1 aliphatic carbocycles. The molecule has 1 saturated carbocycles. The molecule has 0 aliphatic heterocycles. The second kappa shape index (κ2) is 16.7. The zero-order valence-corrected chi connectivity index (χ0v) is 24.4. The molecule has 6 nitrogen and oxygen atoms in total. The molecule has 0 spiro atoms. The van der Waals surface area contributed by atoms with Crippen molar-refractivity contribution < 1.29 is 19.1 Å². The number of carbonyl (C=O) groups is 2. The molecule has 0 aromatic heterocycles. The number of benzene rings is 2. The zero-order chi connectivity index (χ0) is 28.7. The van der Waals surface area contributed by atoms with Crippen molar-refractivity contribution in [3.63, 3.8) is 0 Å². The van der Waals surface area contributed by atoms with Gasteiger partial charge in [-0.15, -0.1) is 0 Å². The third kappa shape index (κ3) is 10.7. The van der Waals surface area contributed by atoms with Gasteiger partial charge in [0.1, 0.15) is 6.10 Å². The lowest BCUT2D eigenvalue weighted by Crippen LogP contribution is -2.24. The molecule has 6 heteroatoms. The Morgan fingerprint density at radius 3 is 2.23 bits per heavy atom. The van der Waals surface area contributed by atoms with Crippen molar-refractivity contribution in [2.75, 3.05) is 18.1 Å². The van der Waals surface area contributed by atoms with Crippen molar-refractivity contribution in [2.45, 2.75) is 103 Å². The van der Waals surface area contributed by atoms with Crippen LogP contribution in [0.5, 0.6) is 0 Å². The van der Waals surface area contributed by atoms with Gasteiger partial charge in [-0.3, -0.25) is 0 Å². The van der Waals surface area contributed by atoms with E-state index in [2.05, 4.69) is 13.8 Å². The summed E-state index contributed by atoms with van der Waals surface area (Å²) in [4.78, 5) is 25.1. The Bertz CT molecular complexity index is 1070. The van der Waals surface area contributed by atoms with Crippen LogP contribution in [0.4, 0.5) is 11.4 Å². The number of nitrogens with two attached hydrogens (primary N) is 2. The van der Waals surface area contributed by atoms with Crippen LogP contribution in [-0.2, 0) is 14.3 Å². The summed E-state index contributed by atoms with van der Waals surface area (Å²) in [5, 5.41) is 0. The number of carbonyl (C=O) groups excluding carboxylic acids is 2. The van der Waals surface area contributed by atoms with E-state index in [1.165, 1.54) is 38.2 Å². The van der Waals surface area contributed by atoms with E-state index in [-0.39, 0.29) is 24.6 Å². The lowest BCUT2D eigenvalue weighted by Gasteiger charge is -2.28. The quantitative estimate of drug-likeness (QED) is 0.101. The maximum absolute atomic E-state index is 12.7. The van der Waals surface area contributed by atoms with Crippen molar-refractivity contribution in [1.82, 2.24) is 0 Å². The van der Waals surface area contributed by atoms with Gasteiger partial charge in [0, 0.05) is 23.4 Å². The maximum atomic E-state index is 12.7. The third-order valence-corrected chi connectivity index (χ3v) is 7.90. The number of hydrogen-bond acceptors (Lipinski definition) is 6. The second-order valence-electron chi connectivity index (χ2n) is 11.3. The Kier molecular flexibility index (Phi) is 13.1. The molecular weight excluding hydrogens is 500 g/mol. The standard InChI is InChI=1S/C34H48N2O4/c1-3-5-7-8-9-25-13-18-32(19-14-25)40-34(38)27-16-11-26(12-17-27)15-20-33(37)39-24-28(10-6-4-2)29-21-30(35)23-31(36)22-29/h11-12,15-17,20-23,25,28,32H,3-10,13-14,18-19,24,35-36H2,1-2H3/b20-15+. The molecule has 1 fully saturated rings. The van der Waals surface area contributed by atoms with Gasteiger partial charge in [-0.25, -0.2) is 9.59 Å². The second-order valence-corrected chi connectivity index (χ2v) is 11.3. The van der Waals surface area contributed by atoms with Crippen LogP contribution in [0.3, 0.4) is 0 Å². The number of anilines is 2. The fourth-order valence-corrected chi connectivity index (χ4v) is 5.48. The maximum Gasteiger partial charge on any atom is 0.338 e. The highest BCUT2D eigenvalue weighted by Crippen LogP contribution is 2.31. The monoisotopic (exact) mass is 548 g/mol. The lowest BCUT2D eigenvalue weighted by atomic mass is 9.84. The van der Waals surface area contributed by atoms with Gasteiger partial charge in [0.05, 0.1) is 12.2 Å². The van der Waals surface area contributed by atoms with Gasteiger partial charge in [-0.2, -0.15) is 0 Å². The van der Waals surface area contributed by atoms with Crippen molar-refractivity contribution in [2.24, 2.45) is 5.92 Å². The molecule has 2 aromatic rings. The van der Waals surface area contributed by atoms with Gasteiger partial charge in [0.15, 0.2) is 0 Å². The van der Waals surface area contributed by atoms with Crippen LogP contribution < -0.4 is 11.5 Å². The Morgan fingerprint density at radius 2 is 1.57 bits per heavy atom. The van der Waals surface area contributed by atoms with E-state index in [0.717, 1.165) is 62.0 Å². The highest BCUT2D eigenvalue weighted by molar-refractivity contribution is 5.90. The minimum atomic E-state index is -0.414. The van der Waals surface area contributed by atoms with E-state index >= 15 is 0 Å². The number of ether oxygens (including phenoxy) is 2. The average Bonchev–Trinajstić information content (AvgIpc) is 2.95. The smallest absolute Gasteiger partial charge is 0.338 e. The Labute approximate surface area is 240 Å². The first-order valence-corrected chi connectivity index (χ1v) is 15.2. The molecule has 3 rings (SSSR count). The van der Waals surface area contributed by atoms with Gasteiger partial charge in [0.25, 0.3) is 0 Å². The lowest BCUT2D eigenvalue weighted by molar-refractivity contribution is -0.138. The van der Waals surface area contributed by atoms with E-state index in [1.807, 2.05) is 24.3 Å². The highest BCUT2D eigenvalue weighted by atomic mass is 16.5. The van der Waals surface area contributed by atoms with Crippen LogP contribution in [-0.4, -0.2) is 24.6 Å². The molecule has 0 heterocycles. The SMILES string of the molecule is CCCCCCC1CCC(OC(=O)c2ccc(/C=C/C(=O)OCC(CCCC)c3cc(N)cc(N)c3)cc2)CC1. The topological polar surface area (TPSA) is 105 Å². The van der Waals surface area contributed by atoms with Crippen molar-refractivity contribution >= 4 is 29.4 Å². The molecule has 40 heavy (non-hydrogen) atoms. The highest BCUT2D eigenvalue weighted by Gasteiger charge is 2.24. The minimum absolute atomic E-state index is 0.0126. The van der Waals surface area contributed by atoms with Crippen LogP contribution in [0, 0.1) is 5.92 Å². The largest absolute Gasteiger partial charge is 0.462 e. The predicted molar refractivity (Wildman–Crippen MR) is 164 cm³/mol. The van der Waals surface area contributed by atoms with Crippen LogP contribution in [0.1, 0.15) is 118 Å². The summed E-state index contributed by atoms with van der Waals surface area (Å²) in [6, 6.07) is 12.6. The molecule has 4 N–H and O–H groups in total. The summed E-state index contributed by atoms with van der Waals surface area (Å²) >= 11 is 0. The molecule has 1 unspecified atom stereocenters.